The molecule has 2 aromatic carbocycles. The van der Waals surface area contributed by atoms with Crippen molar-refractivity contribution in [1.29, 1.82) is 0 Å². The molecule has 1 N–H and O–H groups in total. The third-order valence-corrected chi connectivity index (χ3v) is 5.00. The van der Waals surface area contributed by atoms with Crippen LogP contribution in [0, 0.1) is 5.82 Å². The van der Waals surface area contributed by atoms with Gasteiger partial charge in [0, 0.05) is 0 Å². The standard InChI is InChI=1S/C16H10BrCl2FN2O3/c17-9-6-8(4-5-12(9)20)15-21(7-13(23)22(15)25)16(24)14-10(18)2-1-3-11(14)19/h1-6,15,25H,7H2. The lowest BCUT2D eigenvalue weighted by molar-refractivity contribution is -0.168. The molecule has 1 aliphatic rings. The highest BCUT2D eigenvalue weighted by Gasteiger charge is 2.42. The lowest BCUT2D eigenvalue weighted by Crippen LogP contribution is -2.34. The molecule has 0 radical (unpaired) electrons. The van der Waals surface area contributed by atoms with E-state index in [0.717, 1.165) is 4.90 Å². The molecule has 1 aliphatic heterocycles. The van der Waals surface area contributed by atoms with E-state index in [1.54, 1.807) is 6.07 Å². The minimum Gasteiger partial charge on any atom is -0.302 e. The molecule has 1 fully saturated rings. The Labute approximate surface area is 160 Å². The van der Waals surface area contributed by atoms with E-state index in [1.165, 1.54) is 30.3 Å². The van der Waals surface area contributed by atoms with Gasteiger partial charge in [-0.15, -0.1) is 0 Å². The van der Waals surface area contributed by atoms with E-state index >= 15 is 0 Å². The van der Waals surface area contributed by atoms with Crippen LogP contribution in [0.4, 0.5) is 4.39 Å². The minimum absolute atomic E-state index is 0.0279. The van der Waals surface area contributed by atoms with Gasteiger partial charge in [-0.2, -0.15) is 5.06 Å². The third-order valence-electron chi connectivity index (χ3n) is 3.77. The number of halogens is 4. The summed E-state index contributed by atoms with van der Waals surface area (Å²) in [4.78, 5) is 26.0. The lowest BCUT2D eigenvalue weighted by Gasteiger charge is -2.27. The van der Waals surface area contributed by atoms with Gasteiger partial charge in [0.2, 0.25) is 0 Å². The van der Waals surface area contributed by atoms with Gasteiger partial charge in [0.1, 0.15) is 12.4 Å². The van der Waals surface area contributed by atoms with E-state index in [9.17, 15) is 19.2 Å². The van der Waals surface area contributed by atoms with Gasteiger partial charge in [-0.05, 0) is 45.8 Å². The number of carbonyl (C=O) groups is 2. The van der Waals surface area contributed by atoms with Gasteiger partial charge < -0.3 is 4.90 Å². The van der Waals surface area contributed by atoms with Crippen LogP contribution in [-0.4, -0.2) is 33.5 Å². The Morgan fingerprint density at radius 3 is 2.48 bits per heavy atom. The van der Waals surface area contributed by atoms with Gasteiger partial charge in [-0.25, -0.2) is 4.39 Å². The van der Waals surface area contributed by atoms with E-state index in [-0.39, 0.29) is 26.6 Å². The maximum atomic E-state index is 13.5. The SMILES string of the molecule is O=C1CN(C(=O)c2c(Cl)cccc2Cl)C(c2ccc(F)c(Br)c2)N1O. The van der Waals surface area contributed by atoms with Gasteiger partial charge >= 0.3 is 0 Å². The maximum Gasteiger partial charge on any atom is 0.267 e. The number of rotatable bonds is 2. The minimum atomic E-state index is -1.12. The Morgan fingerprint density at radius 1 is 1.24 bits per heavy atom. The second-order valence-corrected chi connectivity index (χ2v) is 6.98. The van der Waals surface area contributed by atoms with Gasteiger partial charge in [0.25, 0.3) is 11.8 Å². The molecule has 0 saturated carbocycles. The third kappa shape index (κ3) is 3.25. The predicted octanol–water partition coefficient (Wildman–Crippen LogP) is 4.27. The van der Waals surface area contributed by atoms with Crippen molar-refractivity contribution in [2.45, 2.75) is 6.17 Å². The fourth-order valence-corrected chi connectivity index (χ4v) is 3.55. The zero-order valence-corrected chi connectivity index (χ0v) is 15.5. The van der Waals surface area contributed by atoms with Crippen LogP contribution in [0.2, 0.25) is 10.0 Å². The van der Waals surface area contributed by atoms with E-state index in [1.807, 2.05) is 0 Å². The second kappa shape index (κ2) is 6.92. The van der Waals surface area contributed by atoms with Crippen LogP contribution < -0.4 is 0 Å². The Bertz CT molecular complexity index is 860. The maximum absolute atomic E-state index is 13.5. The molecule has 2 amide bonds. The van der Waals surface area contributed by atoms with Gasteiger partial charge in [0.15, 0.2) is 6.17 Å². The van der Waals surface area contributed by atoms with Crippen molar-refractivity contribution < 1.29 is 19.2 Å². The molecule has 9 heteroatoms. The number of amides is 2. The van der Waals surface area contributed by atoms with Gasteiger partial charge in [-0.3, -0.25) is 14.8 Å². The summed E-state index contributed by atoms with van der Waals surface area (Å²) in [5, 5.41) is 10.8. The van der Waals surface area contributed by atoms with Crippen LogP contribution in [0.25, 0.3) is 0 Å². The van der Waals surface area contributed by atoms with Crippen molar-refractivity contribution in [1.82, 2.24) is 9.96 Å². The summed E-state index contributed by atoms with van der Waals surface area (Å²) in [7, 11) is 0. The average molecular weight is 448 g/mol. The first-order valence-electron chi connectivity index (χ1n) is 7.02. The van der Waals surface area contributed by atoms with Crippen molar-refractivity contribution in [3.63, 3.8) is 0 Å². The summed E-state index contributed by atoms with van der Waals surface area (Å²) in [6.07, 6.45) is -1.12. The highest BCUT2D eigenvalue weighted by Crippen LogP contribution is 2.35. The predicted molar refractivity (Wildman–Crippen MR) is 93.0 cm³/mol. The van der Waals surface area contributed by atoms with Crippen molar-refractivity contribution >= 4 is 50.9 Å². The number of hydroxylamine groups is 2. The normalized spacial score (nSPS) is 17.3. The molecular weight excluding hydrogens is 438 g/mol. The number of benzene rings is 2. The summed E-state index contributed by atoms with van der Waals surface area (Å²) in [5.41, 5.74) is 0.373. The molecule has 0 aromatic heterocycles. The molecule has 0 spiro atoms. The quantitative estimate of drug-likeness (QED) is 0.699. The highest BCUT2D eigenvalue weighted by atomic mass is 79.9. The average Bonchev–Trinajstić information content (AvgIpc) is 2.85. The van der Waals surface area contributed by atoms with Crippen LogP contribution in [-0.2, 0) is 4.79 Å². The zero-order valence-electron chi connectivity index (χ0n) is 12.4. The lowest BCUT2D eigenvalue weighted by atomic mass is 10.1. The van der Waals surface area contributed by atoms with Crippen molar-refractivity contribution in [2.75, 3.05) is 6.54 Å². The number of carbonyl (C=O) groups excluding carboxylic acids is 2. The van der Waals surface area contributed by atoms with Crippen LogP contribution in [0.1, 0.15) is 22.1 Å². The van der Waals surface area contributed by atoms with Crippen LogP contribution in [0.5, 0.6) is 0 Å². The first-order chi connectivity index (χ1) is 11.8. The summed E-state index contributed by atoms with van der Waals surface area (Å²) in [6, 6.07) is 8.51. The highest BCUT2D eigenvalue weighted by molar-refractivity contribution is 9.10. The molecule has 5 nitrogen and oxygen atoms in total. The first kappa shape index (κ1) is 18.1. The van der Waals surface area contributed by atoms with E-state index in [2.05, 4.69) is 15.9 Å². The van der Waals surface area contributed by atoms with Crippen molar-refractivity contribution in [2.24, 2.45) is 0 Å². The molecular formula is C16H10BrCl2FN2O3. The molecule has 1 heterocycles. The molecule has 3 rings (SSSR count). The Morgan fingerprint density at radius 2 is 1.88 bits per heavy atom. The Kier molecular flexibility index (Phi) is 5.02. The smallest absolute Gasteiger partial charge is 0.267 e. The van der Waals surface area contributed by atoms with E-state index < -0.39 is 23.8 Å². The van der Waals surface area contributed by atoms with E-state index in [0.29, 0.717) is 10.6 Å². The number of hydrogen-bond donors (Lipinski definition) is 1. The molecule has 0 aliphatic carbocycles. The number of hydrogen-bond acceptors (Lipinski definition) is 3. The fraction of sp³-hybridized carbons (Fsp3) is 0.125. The first-order valence-corrected chi connectivity index (χ1v) is 8.57. The van der Waals surface area contributed by atoms with E-state index in [4.69, 9.17) is 23.2 Å². The monoisotopic (exact) mass is 446 g/mol. The Balaban J connectivity index is 2.05. The molecule has 1 unspecified atom stereocenters. The Hall–Kier alpha value is -1.67. The zero-order chi connectivity index (χ0) is 18.3. The number of nitrogens with zero attached hydrogens (tertiary/aromatic N) is 2. The topological polar surface area (TPSA) is 60.9 Å². The van der Waals surface area contributed by atoms with Gasteiger partial charge in [-0.1, -0.05) is 35.3 Å². The summed E-state index contributed by atoms with van der Waals surface area (Å²) < 4.78 is 13.6. The van der Waals surface area contributed by atoms with Crippen LogP contribution in [0.15, 0.2) is 40.9 Å². The summed E-state index contributed by atoms with van der Waals surface area (Å²) in [5.74, 6) is -1.81. The van der Waals surface area contributed by atoms with Crippen molar-refractivity contribution in [3.05, 3.63) is 67.9 Å². The summed E-state index contributed by atoms with van der Waals surface area (Å²) >= 11 is 15.2. The summed E-state index contributed by atoms with van der Waals surface area (Å²) in [6.45, 7) is -0.365. The van der Waals surface area contributed by atoms with Crippen LogP contribution in [0.3, 0.4) is 0 Å². The second-order valence-electron chi connectivity index (χ2n) is 5.32. The van der Waals surface area contributed by atoms with Crippen molar-refractivity contribution in [3.8, 4) is 0 Å². The molecule has 1 saturated heterocycles. The molecule has 2 aromatic rings. The largest absolute Gasteiger partial charge is 0.302 e. The van der Waals surface area contributed by atoms with Gasteiger partial charge in [0.05, 0.1) is 20.1 Å². The molecule has 25 heavy (non-hydrogen) atoms. The molecule has 1 atom stereocenters. The fourth-order valence-electron chi connectivity index (χ4n) is 2.60. The van der Waals surface area contributed by atoms with Crippen LogP contribution >= 0.6 is 39.1 Å². The molecule has 0 bridgehead atoms. The molecule has 130 valence electrons.